The second-order valence-corrected chi connectivity index (χ2v) is 5.47. The van der Waals surface area contributed by atoms with E-state index in [1.165, 1.54) is 12.1 Å². The van der Waals surface area contributed by atoms with Gasteiger partial charge in [0, 0.05) is 43.4 Å². The van der Waals surface area contributed by atoms with Crippen LogP contribution in [0.1, 0.15) is 5.56 Å². The quantitative estimate of drug-likeness (QED) is 0.851. The Hall–Kier alpha value is -2.13. The van der Waals surface area contributed by atoms with Crippen molar-refractivity contribution in [3.63, 3.8) is 0 Å². The molecule has 2 aromatic rings. The van der Waals surface area contributed by atoms with Crippen molar-refractivity contribution in [2.24, 2.45) is 0 Å². The highest BCUT2D eigenvalue weighted by Crippen LogP contribution is 2.23. The lowest BCUT2D eigenvalue weighted by Crippen LogP contribution is -2.46. The van der Waals surface area contributed by atoms with Gasteiger partial charge in [-0.05, 0) is 18.2 Å². The molecule has 0 N–H and O–H groups in total. The summed E-state index contributed by atoms with van der Waals surface area (Å²) in [5.74, 6) is -0.360. The SMILES string of the molecule is N#Cc1cc(F)cc(N2CCN(c3nccs3)CC2)c1. The van der Waals surface area contributed by atoms with Crippen LogP contribution in [-0.4, -0.2) is 31.2 Å². The number of hydrogen-bond acceptors (Lipinski definition) is 5. The number of anilines is 2. The van der Waals surface area contributed by atoms with Gasteiger partial charge in [0.05, 0.1) is 11.6 Å². The van der Waals surface area contributed by atoms with Gasteiger partial charge in [-0.1, -0.05) is 0 Å². The maximum absolute atomic E-state index is 13.5. The van der Waals surface area contributed by atoms with Gasteiger partial charge in [0.25, 0.3) is 0 Å². The largest absolute Gasteiger partial charge is 0.368 e. The van der Waals surface area contributed by atoms with E-state index in [1.54, 1.807) is 23.6 Å². The zero-order valence-corrected chi connectivity index (χ0v) is 11.6. The second kappa shape index (κ2) is 5.47. The minimum absolute atomic E-state index is 0.360. The van der Waals surface area contributed by atoms with Crippen LogP contribution in [0.4, 0.5) is 15.2 Å². The minimum atomic E-state index is -0.360. The predicted octanol–water partition coefficient (Wildman–Crippen LogP) is 2.48. The molecule has 1 fully saturated rings. The summed E-state index contributed by atoms with van der Waals surface area (Å²) in [7, 11) is 0. The Kier molecular flexibility index (Phi) is 3.52. The van der Waals surface area contributed by atoms with E-state index in [4.69, 9.17) is 5.26 Å². The summed E-state index contributed by atoms with van der Waals surface area (Å²) >= 11 is 1.63. The molecule has 0 aliphatic carbocycles. The topological polar surface area (TPSA) is 43.2 Å². The molecule has 4 nitrogen and oxygen atoms in total. The Morgan fingerprint density at radius 1 is 1.15 bits per heavy atom. The molecule has 0 atom stereocenters. The number of nitrogens with zero attached hydrogens (tertiary/aromatic N) is 4. The minimum Gasteiger partial charge on any atom is -0.368 e. The van der Waals surface area contributed by atoms with Crippen LogP contribution in [-0.2, 0) is 0 Å². The summed E-state index contributed by atoms with van der Waals surface area (Å²) in [6.07, 6.45) is 1.80. The van der Waals surface area contributed by atoms with Crippen LogP contribution >= 0.6 is 11.3 Å². The molecule has 0 saturated carbocycles. The predicted molar refractivity (Wildman–Crippen MR) is 77.7 cm³/mol. The van der Waals surface area contributed by atoms with E-state index in [1.807, 2.05) is 11.4 Å². The average Bonchev–Trinajstić information content (AvgIpc) is 3.01. The van der Waals surface area contributed by atoms with Gasteiger partial charge >= 0.3 is 0 Å². The third kappa shape index (κ3) is 2.58. The Bertz CT molecular complexity index is 627. The summed E-state index contributed by atoms with van der Waals surface area (Å²) in [5.41, 5.74) is 1.14. The standard InChI is InChI=1S/C14H13FN4S/c15-12-7-11(10-16)8-13(9-12)18-2-4-19(5-3-18)14-17-1-6-20-14/h1,6-9H,2-5H2. The summed E-state index contributed by atoms with van der Waals surface area (Å²) in [6.45, 7) is 3.31. The zero-order chi connectivity index (χ0) is 13.9. The van der Waals surface area contributed by atoms with Crippen molar-refractivity contribution in [2.45, 2.75) is 0 Å². The Morgan fingerprint density at radius 3 is 2.55 bits per heavy atom. The summed E-state index contributed by atoms with van der Waals surface area (Å²) in [4.78, 5) is 8.64. The average molecular weight is 288 g/mol. The molecule has 0 bridgehead atoms. The molecule has 6 heteroatoms. The third-order valence-electron chi connectivity index (χ3n) is 3.35. The lowest BCUT2D eigenvalue weighted by Gasteiger charge is -2.36. The Morgan fingerprint density at radius 2 is 1.90 bits per heavy atom. The molecule has 0 spiro atoms. The van der Waals surface area contributed by atoms with E-state index in [0.717, 1.165) is 37.0 Å². The number of thiazole rings is 1. The maximum atomic E-state index is 13.5. The van der Waals surface area contributed by atoms with Gasteiger partial charge in [-0.3, -0.25) is 0 Å². The highest BCUT2D eigenvalue weighted by Gasteiger charge is 2.19. The Labute approximate surface area is 120 Å². The first-order valence-electron chi connectivity index (χ1n) is 6.36. The van der Waals surface area contributed by atoms with Crippen molar-refractivity contribution in [2.75, 3.05) is 36.0 Å². The Balaban J connectivity index is 1.72. The number of hydrogen-bond donors (Lipinski definition) is 0. The molecule has 1 aliphatic rings. The normalized spacial score (nSPS) is 15.2. The van der Waals surface area contributed by atoms with Crippen molar-refractivity contribution in [1.29, 1.82) is 5.26 Å². The summed E-state index contributed by atoms with van der Waals surface area (Å²) in [6, 6.07) is 6.48. The fourth-order valence-corrected chi connectivity index (χ4v) is 3.05. The monoisotopic (exact) mass is 288 g/mol. The van der Waals surface area contributed by atoms with Gasteiger partial charge in [-0.15, -0.1) is 11.3 Å². The van der Waals surface area contributed by atoms with Crippen LogP contribution in [0.2, 0.25) is 0 Å². The fraction of sp³-hybridized carbons (Fsp3) is 0.286. The lowest BCUT2D eigenvalue weighted by molar-refractivity contribution is 0.620. The number of halogens is 1. The molecule has 1 saturated heterocycles. The van der Waals surface area contributed by atoms with Crippen molar-refractivity contribution in [3.8, 4) is 6.07 Å². The van der Waals surface area contributed by atoms with E-state index in [9.17, 15) is 4.39 Å². The van der Waals surface area contributed by atoms with Gasteiger partial charge in [-0.25, -0.2) is 9.37 Å². The molecule has 0 unspecified atom stereocenters. The van der Waals surface area contributed by atoms with E-state index in [-0.39, 0.29) is 5.82 Å². The first kappa shape index (κ1) is 12.9. The summed E-state index contributed by atoms with van der Waals surface area (Å²) < 4.78 is 13.5. The molecule has 1 aromatic carbocycles. The fourth-order valence-electron chi connectivity index (χ4n) is 2.35. The van der Waals surface area contributed by atoms with Crippen molar-refractivity contribution >= 4 is 22.2 Å². The lowest BCUT2D eigenvalue weighted by atomic mass is 10.2. The van der Waals surface area contributed by atoms with Crippen LogP contribution in [0.25, 0.3) is 0 Å². The molecule has 3 rings (SSSR count). The third-order valence-corrected chi connectivity index (χ3v) is 4.18. The van der Waals surface area contributed by atoms with Gasteiger partial charge in [0.2, 0.25) is 0 Å². The number of nitriles is 1. The zero-order valence-electron chi connectivity index (χ0n) is 10.8. The molecule has 0 radical (unpaired) electrons. The van der Waals surface area contributed by atoms with E-state index >= 15 is 0 Å². The van der Waals surface area contributed by atoms with Crippen LogP contribution in [0, 0.1) is 17.1 Å². The number of rotatable bonds is 2. The highest BCUT2D eigenvalue weighted by atomic mass is 32.1. The number of piperazine rings is 1. The molecule has 102 valence electrons. The summed E-state index contributed by atoms with van der Waals surface area (Å²) in [5, 5.41) is 11.9. The molecule has 2 heterocycles. The van der Waals surface area contributed by atoms with E-state index in [0.29, 0.717) is 5.56 Å². The maximum Gasteiger partial charge on any atom is 0.185 e. The molecule has 20 heavy (non-hydrogen) atoms. The van der Waals surface area contributed by atoms with Crippen molar-refractivity contribution in [3.05, 3.63) is 41.2 Å². The number of aromatic nitrogens is 1. The first-order valence-corrected chi connectivity index (χ1v) is 7.24. The van der Waals surface area contributed by atoms with Gasteiger partial charge < -0.3 is 9.80 Å². The van der Waals surface area contributed by atoms with E-state index < -0.39 is 0 Å². The van der Waals surface area contributed by atoms with Crippen LogP contribution in [0.15, 0.2) is 29.8 Å². The van der Waals surface area contributed by atoms with Crippen LogP contribution in [0.5, 0.6) is 0 Å². The molecule has 0 amide bonds. The van der Waals surface area contributed by atoms with Gasteiger partial charge in [0.15, 0.2) is 5.13 Å². The molecular weight excluding hydrogens is 275 g/mol. The molecule has 1 aliphatic heterocycles. The van der Waals surface area contributed by atoms with Crippen LogP contribution in [0.3, 0.4) is 0 Å². The van der Waals surface area contributed by atoms with Crippen molar-refractivity contribution < 1.29 is 4.39 Å². The van der Waals surface area contributed by atoms with Crippen molar-refractivity contribution in [1.82, 2.24) is 4.98 Å². The smallest absolute Gasteiger partial charge is 0.185 e. The number of benzene rings is 1. The highest BCUT2D eigenvalue weighted by molar-refractivity contribution is 7.13. The molecular formula is C14H13FN4S. The van der Waals surface area contributed by atoms with Gasteiger partial charge in [0.1, 0.15) is 5.82 Å². The van der Waals surface area contributed by atoms with Crippen LogP contribution < -0.4 is 9.80 Å². The van der Waals surface area contributed by atoms with E-state index in [2.05, 4.69) is 14.8 Å². The van der Waals surface area contributed by atoms with Gasteiger partial charge in [-0.2, -0.15) is 5.26 Å². The molecule has 1 aromatic heterocycles. The second-order valence-electron chi connectivity index (χ2n) is 4.60. The first-order chi connectivity index (χ1) is 9.76.